The molecule has 0 aromatic carbocycles. The van der Waals surface area contributed by atoms with E-state index in [0.29, 0.717) is 13.1 Å². The van der Waals surface area contributed by atoms with E-state index < -0.39 is 0 Å². The molecule has 6 nitrogen and oxygen atoms in total. The van der Waals surface area contributed by atoms with E-state index in [1.807, 2.05) is 20.8 Å². The van der Waals surface area contributed by atoms with Crippen LogP contribution in [0.4, 0.5) is 4.79 Å². The van der Waals surface area contributed by atoms with E-state index in [4.69, 9.17) is 0 Å². The monoisotopic (exact) mass is 279 g/mol. The predicted octanol–water partition coefficient (Wildman–Crippen LogP) is 0.812. The number of imide groups is 1. The molecular weight excluding hydrogens is 258 g/mol. The van der Waals surface area contributed by atoms with Gasteiger partial charge >= 0.3 is 6.03 Å². The summed E-state index contributed by atoms with van der Waals surface area (Å²) in [6, 6.07) is -0.778. The van der Waals surface area contributed by atoms with Gasteiger partial charge in [0, 0.05) is 25.0 Å². The highest BCUT2D eigenvalue weighted by Gasteiger charge is 2.52. The van der Waals surface area contributed by atoms with Crippen LogP contribution in [0.3, 0.4) is 0 Å². The summed E-state index contributed by atoms with van der Waals surface area (Å²) in [5, 5.41) is 0. The summed E-state index contributed by atoms with van der Waals surface area (Å²) < 4.78 is 0. The molecule has 3 aliphatic heterocycles. The molecular formula is C14H21N3O3. The van der Waals surface area contributed by atoms with Crippen LogP contribution in [0.15, 0.2) is 0 Å². The molecule has 3 rings (SSSR count). The summed E-state index contributed by atoms with van der Waals surface area (Å²) in [7, 11) is 0. The maximum atomic E-state index is 12.4. The van der Waals surface area contributed by atoms with Crippen LogP contribution in [0.2, 0.25) is 0 Å². The van der Waals surface area contributed by atoms with Gasteiger partial charge in [-0.05, 0) is 33.6 Å². The van der Waals surface area contributed by atoms with Crippen LogP contribution in [0.25, 0.3) is 0 Å². The zero-order valence-corrected chi connectivity index (χ0v) is 12.3. The van der Waals surface area contributed by atoms with E-state index in [2.05, 4.69) is 0 Å². The van der Waals surface area contributed by atoms with Crippen LogP contribution >= 0.6 is 0 Å². The Balaban J connectivity index is 1.80. The summed E-state index contributed by atoms with van der Waals surface area (Å²) in [5.41, 5.74) is -0.270. The zero-order valence-electron chi connectivity index (χ0n) is 12.3. The van der Waals surface area contributed by atoms with E-state index >= 15 is 0 Å². The number of carbonyl (C=O) groups excluding carboxylic acids is 3. The summed E-state index contributed by atoms with van der Waals surface area (Å²) in [4.78, 5) is 41.6. The molecule has 0 N–H and O–H groups in total. The maximum Gasteiger partial charge on any atom is 0.327 e. The molecule has 3 heterocycles. The van der Waals surface area contributed by atoms with Crippen molar-refractivity contribution in [2.75, 3.05) is 13.1 Å². The summed E-state index contributed by atoms with van der Waals surface area (Å²) in [5.74, 6) is -0.0868. The van der Waals surface area contributed by atoms with Crippen molar-refractivity contribution in [3.63, 3.8) is 0 Å². The number of hydrogen-bond donors (Lipinski definition) is 0. The minimum absolute atomic E-state index is 0.0233. The van der Waals surface area contributed by atoms with Crippen molar-refractivity contribution in [3.8, 4) is 0 Å². The first-order valence-corrected chi connectivity index (χ1v) is 7.25. The first kappa shape index (κ1) is 13.4. The maximum absolute atomic E-state index is 12.4. The van der Waals surface area contributed by atoms with Crippen molar-refractivity contribution >= 4 is 17.8 Å². The van der Waals surface area contributed by atoms with Crippen LogP contribution in [-0.2, 0) is 9.59 Å². The lowest BCUT2D eigenvalue weighted by Gasteiger charge is -2.32. The Morgan fingerprint density at radius 3 is 2.40 bits per heavy atom. The topological polar surface area (TPSA) is 60.9 Å². The second kappa shape index (κ2) is 4.20. The zero-order chi connectivity index (χ0) is 14.7. The highest BCUT2D eigenvalue weighted by molar-refractivity contribution is 6.05. The Morgan fingerprint density at radius 1 is 1.15 bits per heavy atom. The molecule has 3 aliphatic rings. The number of nitrogens with zero attached hydrogens (tertiary/aromatic N) is 3. The molecule has 20 heavy (non-hydrogen) atoms. The van der Waals surface area contributed by atoms with Gasteiger partial charge in [-0.25, -0.2) is 4.79 Å². The number of amides is 4. The van der Waals surface area contributed by atoms with Gasteiger partial charge in [0.25, 0.3) is 5.91 Å². The molecule has 0 spiro atoms. The predicted molar refractivity (Wildman–Crippen MR) is 71.8 cm³/mol. The molecule has 0 bridgehead atoms. The minimum atomic E-state index is -0.299. The Labute approximate surface area is 118 Å². The van der Waals surface area contributed by atoms with Gasteiger partial charge in [0.05, 0.1) is 6.04 Å². The van der Waals surface area contributed by atoms with Gasteiger partial charge in [-0.3, -0.25) is 14.5 Å². The van der Waals surface area contributed by atoms with Gasteiger partial charge in [0.1, 0.15) is 6.04 Å². The number of carbonyl (C=O) groups is 3. The third-order valence-corrected chi connectivity index (χ3v) is 4.51. The fraction of sp³-hybridized carbons (Fsp3) is 0.786. The summed E-state index contributed by atoms with van der Waals surface area (Å²) in [6.07, 6.45) is 1.91. The molecule has 6 heteroatoms. The molecule has 110 valence electrons. The van der Waals surface area contributed by atoms with Crippen molar-refractivity contribution in [2.45, 2.75) is 57.7 Å². The lowest BCUT2D eigenvalue weighted by atomic mass is 10.1. The Bertz CT molecular complexity index is 461. The van der Waals surface area contributed by atoms with Crippen LogP contribution in [0.5, 0.6) is 0 Å². The highest BCUT2D eigenvalue weighted by Crippen LogP contribution is 2.33. The van der Waals surface area contributed by atoms with Crippen LogP contribution in [0.1, 0.15) is 40.0 Å². The van der Waals surface area contributed by atoms with E-state index in [1.54, 1.807) is 9.80 Å². The average molecular weight is 279 g/mol. The molecule has 0 saturated carbocycles. The van der Waals surface area contributed by atoms with Gasteiger partial charge in [0.15, 0.2) is 0 Å². The van der Waals surface area contributed by atoms with Crippen molar-refractivity contribution in [1.82, 2.24) is 14.7 Å². The Hall–Kier alpha value is -1.59. The van der Waals surface area contributed by atoms with Crippen molar-refractivity contribution < 1.29 is 14.4 Å². The molecule has 0 radical (unpaired) electrons. The number of hydrogen-bond acceptors (Lipinski definition) is 3. The molecule has 3 fully saturated rings. The molecule has 2 atom stereocenters. The SMILES string of the molecule is CC(C)(C)N1C[C@@H](N2C(=O)[C@H]3CCCN3C2=O)CC1=O. The van der Waals surface area contributed by atoms with E-state index in [9.17, 15) is 14.4 Å². The van der Waals surface area contributed by atoms with Crippen molar-refractivity contribution in [2.24, 2.45) is 0 Å². The molecule has 0 aromatic heterocycles. The Kier molecular flexibility index (Phi) is 2.81. The third-order valence-electron chi connectivity index (χ3n) is 4.51. The minimum Gasteiger partial charge on any atom is -0.336 e. The average Bonchev–Trinajstić information content (AvgIpc) is 2.98. The largest absolute Gasteiger partial charge is 0.336 e. The second-order valence-corrected chi connectivity index (χ2v) is 6.88. The van der Waals surface area contributed by atoms with Crippen LogP contribution < -0.4 is 0 Å². The standard InChI is InChI=1S/C14H21N3O3/c1-14(2,3)16-8-9(7-11(16)18)17-12(19)10-5-4-6-15(10)13(17)20/h9-10H,4-8H2,1-3H3/t9-,10+/m0/s1. The normalized spacial score (nSPS) is 30.8. The van der Waals surface area contributed by atoms with E-state index in [0.717, 1.165) is 12.8 Å². The molecule has 4 amide bonds. The lowest BCUT2D eigenvalue weighted by Crippen LogP contribution is -2.46. The van der Waals surface area contributed by atoms with Crippen molar-refractivity contribution in [3.05, 3.63) is 0 Å². The first-order valence-electron chi connectivity index (χ1n) is 7.25. The quantitative estimate of drug-likeness (QED) is 0.667. The molecule has 3 saturated heterocycles. The lowest BCUT2D eigenvalue weighted by molar-refractivity contribution is -0.131. The van der Waals surface area contributed by atoms with Crippen molar-refractivity contribution in [1.29, 1.82) is 0 Å². The third kappa shape index (κ3) is 1.81. The number of fused-ring (bicyclic) bond motifs is 1. The number of rotatable bonds is 1. The number of likely N-dealkylation sites (tertiary alicyclic amines) is 1. The smallest absolute Gasteiger partial charge is 0.327 e. The van der Waals surface area contributed by atoms with Gasteiger partial charge in [-0.1, -0.05) is 0 Å². The molecule has 0 aliphatic carbocycles. The number of urea groups is 1. The van der Waals surface area contributed by atoms with Gasteiger partial charge in [-0.2, -0.15) is 0 Å². The first-order chi connectivity index (χ1) is 9.30. The van der Waals surface area contributed by atoms with E-state index in [-0.39, 0.29) is 41.9 Å². The van der Waals surface area contributed by atoms with Gasteiger partial charge in [-0.15, -0.1) is 0 Å². The van der Waals surface area contributed by atoms with Crippen LogP contribution in [0, 0.1) is 0 Å². The summed E-state index contributed by atoms with van der Waals surface area (Å²) in [6.45, 7) is 7.03. The fourth-order valence-electron chi connectivity index (χ4n) is 3.49. The molecule has 0 aromatic rings. The second-order valence-electron chi connectivity index (χ2n) is 6.88. The van der Waals surface area contributed by atoms with Gasteiger partial charge in [0.2, 0.25) is 5.91 Å². The van der Waals surface area contributed by atoms with Crippen LogP contribution in [-0.4, -0.2) is 63.3 Å². The fourth-order valence-corrected chi connectivity index (χ4v) is 3.49. The van der Waals surface area contributed by atoms with E-state index in [1.165, 1.54) is 4.90 Å². The highest BCUT2D eigenvalue weighted by atomic mass is 16.2. The summed E-state index contributed by atoms with van der Waals surface area (Å²) >= 11 is 0. The van der Waals surface area contributed by atoms with Gasteiger partial charge < -0.3 is 9.80 Å². The molecule has 0 unspecified atom stereocenters. The Morgan fingerprint density at radius 2 is 1.85 bits per heavy atom.